The molecule has 0 aliphatic carbocycles. The van der Waals surface area contributed by atoms with Gasteiger partial charge in [-0.05, 0) is 24.3 Å². The van der Waals surface area contributed by atoms with E-state index < -0.39 is 0 Å². The third-order valence-corrected chi connectivity index (χ3v) is 5.28. The molecule has 2 aliphatic heterocycles. The molecule has 0 aromatic heterocycles. The van der Waals surface area contributed by atoms with Crippen molar-refractivity contribution in [3.8, 4) is 0 Å². The highest BCUT2D eigenvalue weighted by molar-refractivity contribution is 5.77. The van der Waals surface area contributed by atoms with Crippen molar-refractivity contribution in [1.29, 1.82) is 0 Å². The second-order valence-corrected chi connectivity index (χ2v) is 6.94. The second-order valence-electron chi connectivity index (χ2n) is 6.94. The van der Waals surface area contributed by atoms with Crippen molar-refractivity contribution >= 4 is 17.5 Å². The van der Waals surface area contributed by atoms with Crippen LogP contribution in [0, 0.1) is 5.82 Å². The molecule has 2 aliphatic rings. The highest BCUT2D eigenvalue weighted by Gasteiger charge is 2.23. The van der Waals surface area contributed by atoms with Gasteiger partial charge in [0, 0.05) is 77.9 Å². The predicted molar refractivity (Wildman–Crippen MR) is 98.5 cm³/mol. The molecule has 2 heterocycles. The first-order valence-electron chi connectivity index (χ1n) is 9.29. The molecule has 142 valence electrons. The van der Waals surface area contributed by atoms with Gasteiger partial charge in [0.15, 0.2) is 0 Å². The summed E-state index contributed by atoms with van der Waals surface area (Å²) < 4.78 is 13.0. The third kappa shape index (κ3) is 4.72. The van der Waals surface area contributed by atoms with Crippen LogP contribution in [0.1, 0.15) is 13.3 Å². The molecule has 0 radical (unpaired) electrons. The minimum atomic E-state index is -0.213. The van der Waals surface area contributed by atoms with Crippen LogP contribution in [0.15, 0.2) is 24.3 Å². The van der Waals surface area contributed by atoms with Gasteiger partial charge in [0.25, 0.3) is 0 Å². The number of nitrogens with zero attached hydrogens (tertiary/aromatic N) is 4. The Kier molecular flexibility index (Phi) is 6.08. The summed E-state index contributed by atoms with van der Waals surface area (Å²) in [4.78, 5) is 31.9. The molecule has 0 unspecified atom stereocenters. The van der Waals surface area contributed by atoms with Crippen LogP contribution in [-0.2, 0) is 9.59 Å². The van der Waals surface area contributed by atoms with Crippen LogP contribution in [-0.4, -0.2) is 85.4 Å². The van der Waals surface area contributed by atoms with Gasteiger partial charge in [-0.3, -0.25) is 14.5 Å². The van der Waals surface area contributed by atoms with Crippen LogP contribution >= 0.6 is 0 Å². The molecule has 1 aromatic carbocycles. The van der Waals surface area contributed by atoms with Gasteiger partial charge in [0.2, 0.25) is 11.8 Å². The normalized spacial score (nSPS) is 18.9. The van der Waals surface area contributed by atoms with E-state index >= 15 is 0 Å². The minimum absolute atomic E-state index is 0.0797. The lowest BCUT2D eigenvalue weighted by Crippen LogP contribution is -2.51. The number of benzene rings is 1. The molecule has 7 heteroatoms. The van der Waals surface area contributed by atoms with E-state index in [9.17, 15) is 14.0 Å². The first kappa shape index (κ1) is 18.6. The Balaban J connectivity index is 1.38. The first-order valence-corrected chi connectivity index (χ1v) is 9.29. The van der Waals surface area contributed by atoms with Gasteiger partial charge in [-0.2, -0.15) is 0 Å². The van der Waals surface area contributed by atoms with Crippen LogP contribution in [0.25, 0.3) is 0 Å². The van der Waals surface area contributed by atoms with Gasteiger partial charge in [-0.15, -0.1) is 0 Å². The van der Waals surface area contributed by atoms with Gasteiger partial charge >= 0.3 is 0 Å². The Morgan fingerprint density at radius 2 is 1.46 bits per heavy atom. The maximum atomic E-state index is 13.0. The molecule has 2 saturated heterocycles. The van der Waals surface area contributed by atoms with Crippen molar-refractivity contribution < 1.29 is 14.0 Å². The summed E-state index contributed by atoms with van der Waals surface area (Å²) >= 11 is 0. The molecule has 26 heavy (non-hydrogen) atoms. The summed E-state index contributed by atoms with van der Waals surface area (Å²) in [7, 11) is 0. The lowest BCUT2D eigenvalue weighted by Gasteiger charge is -2.37. The second kappa shape index (κ2) is 8.49. The quantitative estimate of drug-likeness (QED) is 0.803. The Labute approximate surface area is 154 Å². The van der Waals surface area contributed by atoms with Crippen LogP contribution in [0.5, 0.6) is 0 Å². The smallest absolute Gasteiger partial charge is 0.223 e. The Morgan fingerprint density at radius 1 is 0.885 bits per heavy atom. The van der Waals surface area contributed by atoms with E-state index in [0.717, 1.165) is 38.4 Å². The van der Waals surface area contributed by atoms with Crippen LogP contribution in [0.3, 0.4) is 0 Å². The molecule has 2 amide bonds. The fourth-order valence-corrected chi connectivity index (χ4v) is 3.56. The molecule has 0 bridgehead atoms. The topological polar surface area (TPSA) is 47.1 Å². The molecule has 0 atom stereocenters. The van der Waals surface area contributed by atoms with Crippen molar-refractivity contribution in [2.24, 2.45) is 0 Å². The summed E-state index contributed by atoms with van der Waals surface area (Å²) in [6.45, 7) is 8.47. The Bertz CT molecular complexity index is 621. The number of carbonyl (C=O) groups is 2. The summed E-state index contributed by atoms with van der Waals surface area (Å²) in [5.41, 5.74) is 1.05. The van der Waals surface area contributed by atoms with E-state index in [-0.39, 0.29) is 17.6 Å². The standard InChI is InChI=1S/C19H27FN4O2/c1-16(25)22-12-14-24(15-13-22)19(26)6-7-21-8-10-23(11-9-21)18-4-2-17(20)3-5-18/h2-5H,6-15H2,1H3. The number of halogens is 1. The summed E-state index contributed by atoms with van der Waals surface area (Å²) in [5, 5.41) is 0. The molecule has 2 fully saturated rings. The van der Waals surface area contributed by atoms with E-state index in [1.54, 1.807) is 11.8 Å². The zero-order chi connectivity index (χ0) is 18.5. The van der Waals surface area contributed by atoms with Crippen LogP contribution in [0.4, 0.5) is 10.1 Å². The van der Waals surface area contributed by atoms with Crippen molar-refractivity contribution in [2.45, 2.75) is 13.3 Å². The fraction of sp³-hybridized carbons (Fsp3) is 0.579. The van der Waals surface area contributed by atoms with Gasteiger partial charge in [0.1, 0.15) is 5.82 Å². The number of piperazine rings is 2. The van der Waals surface area contributed by atoms with Gasteiger partial charge in [0.05, 0.1) is 0 Å². The van der Waals surface area contributed by atoms with Crippen molar-refractivity contribution in [1.82, 2.24) is 14.7 Å². The van der Waals surface area contributed by atoms with Gasteiger partial charge in [-0.25, -0.2) is 4.39 Å². The third-order valence-electron chi connectivity index (χ3n) is 5.28. The van der Waals surface area contributed by atoms with E-state index in [1.165, 1.54) is 12.1 Å². The van der Waals surface area contributed by atoms with Crippen molar-refractivity contribution in [2.75, 3.05) is 63.8 Å². The van der Waals surface area contributed by atoms with Gasteiger partial charge in [-0.1, -0.05) is 0 Å². The highest BCUT2D eigenvalue weighted by Crippen LogP contribution is 2.17. The molecule has 0 N–H and O–H groups in total. The molecule has 1 aromatic rings. The number of anilines is 1. The zero-order valence-electron chi connectivity index (χ0n) is 15.4. The fourth-order valence-electron chi connectivity index (χ4n) is 3.56. The largest absolute Gasteiger partial charge is 0.369 e. The average Bonchev–Trinajstić information content (AvgIpc) is 2.67. The predicted octanol–water partition coefficient (Wildman–Crippen LogP) is 1.03. The SMILES string of the molecule is CC(=O)N1CCN(C(=O)CCN2CCN(c3ccc(F)cc3)CC2)CC1. The molecule has 6 nitrogen and oxygen atoms in total. The summed E-state index contributed by atoms with van der Waals surface area (Å²) in [6, 6.07) is 6.61. The first-order chi connectivity index (χ1) is 12.5. The molecular formula is C19H27FN4O2. The zero-order valence-corrected chi connectivity index (χ0v) is 15.4. The number of carbonyl (C=O) groups excluding carboxylic acids is 2. The Morgan fingerprint density at radius 3 is 2.04 bits per heavy atom. The van der Waals surface area contributed by atoms with Crippen molar-refractivity contribution in [3.63, 3.8) is 0 Å². The van der Waals surface area contributed by atoms with Crippen molar-refractivity contribution in [3.05, 3.63) is 30.1 Å². The van der Waals surface area contributed by atoms with E-state index in [4.69, 9.17) is 0 Å². The molecule has 0 spiro atoms. The number of rotatable bonds is 4. The summed E-state index contributed by atoms with van der Waals surface area (Å²) in [6.07, 6.45) is 0.524. The van der Waals surface area contributed by atoms with Gasteiger partial charge < -0.3 is 14.7 Å². The van der Waals surface area contributed by atoms with Crippen LogP contribution < -0.4 is 4.90 Å². The highest BCUT2D eigenvalue weighted by atomic mass is 19.1. The lowest BCUT2D eigenvalue weighted by molar-refractivity contribution is -0.138. The maximum Gasteiger partial charge on any atom is 0.223 e. The molecule has 3 rings (SSSR count). The van der Waals surface area contributed by atoms with Crippen LogP contribution in [0.2, 0.25) is 0 Å². The number of hydrogen-bond donors (Lipinski definition) is 0. The van der Waals surface area contributed by atoms with E-state index in [1.807, 2.05) is 17.0 Å². The molecule has 0 saturated carbocycles. The van der Waals surface area contributed by atoms with E-state index in [2.05, 4.69) is 9.80 Å². The lowest BCUT2D eigenvalue weighted by atomic mass is 10.2. The van der Waals surface area contributed by atoms with E-state index in [0.29, 0.717) is 32.6 Å². The average molecular weight is 362 g/mol. The number of hydrogen-bond acceptors (Lipinski definition) is 4. The molecular weight excluding hydrogens is 335 g/mol. The number of amides is 2. The monoisotopic (exact) mass is 362 g/mol. The summed E-state index contributed by atoms with van der Waals surface area (Å²) in [5.74, 6) is 0.0420. The minimum Gasteiger partial charge on any atom is -0.369 e. The Hall–Kier alpha value is -2.15. The maximum absolute atomic E-state index is 13.0.